The molecular weight excluding hydrogens is 126 g/mol. The molecule has 2 bridgehead atoms. The average molecular weight is 139 g/mol. The van der Waals surface area contributed by atoms with Gasteiger partial charge in [-0.2, -0.15) is 0 Å². The lowest BCUT2D eigenvalue weighted by atomic mass is 10.0. The second-order valence-electron chi connectivity index (χ2n) is 3.48. The van der Waals surface area contributed by atoms with Gasteiger partial charge in [0.05, 0.1) is 0 Å². The number of rotatable bonds is 0. The Kier molecular flexibility index (Phi) is 1.40. The SMILES string of the molecule is O=C1CCC2CCC(C2)N1. The predicted octanol–water partition coefficient (Wildman–Crippen LogP) is 1.07. The monoisotopic (exact) mass is 139 g/mol. The first-order chi connectivity index (χ1) is 4.84. The van der Waals surface area contributed by atoms with E-state index in [9.17, 15) is 4.79 Å². The molecule has 2 fully saturated rings. The van der Waals surface area contributed by atoms with Crippen molar-refractivity contribution in [1.82, 2.24) is 5.32 Å². The van der Waals surface area contributed by atoms with Gasteiger partial charge in [0, 0.05) is 12.5 Å². The van der Waals surface area contributed by atoms with E-state index in [0.717, 1.165) is 18.8 Å². The van der Waals surface area contributed by atoms with Crippen molar-refractivity contribution in [3.05, 3.63) is 0 Å². The zero-order chi connectivity index (χ0) is 6.97. The van der Waals surface area contributed by atoms with Crippen molar-refractivity contribution in [2.75, 3.05) is 0 Å². The third kappa shape index (κ3) is 1.02. The van der Waals surface area contributed by atoms with Gasteiger partial charge < -0.3 is 5.32 Å². The van der Waals surface area contributed by atoms with Crippen LogP contribution in [0.15, 0.2) is 0 Å². The molecule has 2 aliphatic rings. The fourth-order valence-electron chi connectivity index (χ4n) is 2.10. The van der Waals surface area contributed by atoms with Gasteiger partial charge in [0.1, 0.15) is 0 Å². The number of amides is 1. The molecule has 1 amide bonds. The minimum absolute atomic E-state index is 0.271. The highest BCUT2D eigenvalue weighted by molar-refractivity contribution is 5.76. The Hall–Kier alpha value is -0.530. The van der Waals surface area contributed by atoms with Gasteiger partial charge >= 0.3 is 0 Å². The van der Waals surface area contributed by atoms with Gasteiger partial charge in [0.25, 0.3) is 0 Å². The van der Waals surface area contributed by atoms with E-state index in [1.165, 1.54) is 19.3 Å². The van der Waals surface area contributed by atoms with Crippen molar-refractivity contribution in [3.63, 3.8) is 0 Å². The number of nitrogens with one attached hydrogen (secondary N) is 1. The van der Waals surface area contributed by atoms with E-state index >= 15 is 0 Å². The standard InChI is InChI=1S/C8H13NO/c10-8-4-2-6-1-3-7(5-6)9-8/h6-7H,1-5H2,(H,9,10). The van der Waals surface area contributed by atoms with Crippen LogP contribution in [-0.2, 0) is 4.79 Å². The van der Waals surface area contributed by atoms with Gasteiger partial charge in [-0.1, -0.05) is 0 Å². The molecule has 2 atom stereocenters. The van der Waals surface area contributed by atoms with Gasteiger partial charge in [0.15, 0.2) is 0 Å². The van der Waals surface area contributed by atoms with Gasteiger partial charge in [-0.3, -0.25) is 4.79 Å². The van der Waals surface area contributed by atoms with Crippen LogP contribution in [0.3, 0.4) is 0 Å². The second kappa shape index (κ2) is 2.26. The summed E-state index contributed by atoms with van der Waals surface area (Å²) in [5, 5.41) is 3.03. The molecule has 2 heteroatoms. The predicted molar refractivity (Wildman–Crippen MR) is 38.5 cm³/mol. The quantitative estimate of drug-likeness (QED) is 0.534. The van der Waals surface area contributed by atoms with E-state index < -0.39 is 0 Å². The zero-order valence-electron chi connectivity index (χ0n) is 6.10. The molecule has 2 nitrogen and oxygen atoms in total. The summed E-state index contributed by atoms with van der Waals surface area (Å²) in [7, 11) is 0. The summed E-state index contributed by atoms with van der Waals surface area (Å²) >= 11 is 0. The molecule has 0 aromatic heterocycles. The fraction of sp³-hybridized carbons (Fsp3) is 0.875. The molecule has 2 unspecified atom stereocenters. The van der Waals surface area contributed by atoms with Gasteiger partial charge in [-0.05, 0) is 31.6 Å². The summed E-state index contributed by atoms with van der Waals surface area (Å²) in [5.74, 6) is 1.12. The van der Waals surface area contributed by atoms with Crippen molar-refractivity contribution in [3.8, 4) is 0 Å². The first-order valence-electron chi connectivity index (χ1n) is 4.14. The third-order valence-corrected chi connectivity index (χ3v) is 2.69. The number of carbonyl (C=O) groups excluding carboxylic acids is 1. The average Bonchev–Trinajstić information content (AvgIpc) is 2.22. The molecule has 1 N–H and O–H groups in total. The molecule has 0 aromatic rings. The Labute approximate surface area is 61.0 Å². The molecule has 1 aliphatic heterocycles. The van der Waals surface area contributed by atoms with E-state index in [1.807, 2.05) is 0 Å². The van der Waals surface area contributed by atoms with Crippen LogP contribution in [0.4, 0.5) is 0 Å². The minimum Gasteiger partial charge on any atom is -0.353 e. The van der Waals surface area contributed by atoms with Crippen molar-refractivity contribution in [2.45, 2.75) is 38.1 Å². The maximum Gasteiger partial charge on any atom is 0.220 e. The molecule has 1 aliphatic carbocycles. The molecule has 0 spiro atoms. The molecule has 1 saturated heterocycles. The summed E-state index contributed by atoms with van der Waals surface area (Å²) in [6.07, 6.45) is 5.69. The fourth-order valence-corrected chi connectivity index (χ4v) is 2.10. The highest BCUT2D eigenvalue weighted by Crippen LogP contribution is 2.31. The Morgan fingerprint density at radius 3 is 3.10 bits per heavy atom. The smallest absolute Gasteiger partial charge is 0.220 e. The van der Waals surface area contributed by atoms with Crippen LogP contribution < -0.4 is 5.32 Å². The van der Waals surface area contributed by atoms with E-state index in [-0.39, 0.29) is 5.91 Å². The lowest BCUT2D eigenvalue weighted by Crippen LogP contribution is -2.31. The number of fused-ring (bicyclic) bond motifs is 2. The molecular formula is C8H13NO. The molecule has 2 rings (SSSR count). The molecule has 56 valence electrons. The Balaban J connectivity index is 2.05. The van der Waals surface area contributed by atoms with Gasteiger partial charge in [-0.25, -0.2) is 0 Å². The maximum absolute atomic E-state index is 11.0. The number of carbonyl (C=O) groups is 1. The van der Waals surface area contributed by atoms with Crippen LogP contribution in [-0.4, -0.2) is 11.9 Å². The van der Waals surface area contributed by atoms with Crippen LogP contribution in [0.25, 0.3) is 0 Å². The maximum atomic E-state index is 11.0. The van der Waals surface area contributed by atoms with Gasteiger partial charge in [-0.15, -0.1) is 0 Å². The second-order valence-corrected chi connectivity index (χ2v) is 3.48. The van der Waals surface area contributed by atoms with Crippen LogP contribution in [0.2, 0.25) is 0 Å². The van der Waals surface area contributed by atoms with Crippen molar-refractivity contribution in [1.29, 1.82) is 0 Å². The lowest BCUT2D eigenvalue weighted by molar-refractivity contribution is -0.121. The Morgan fingerprint density at radius 1 is 1.30 bits per heavy atom. The van der Waals surface area contributed by atoms with Crippen LogP contribution in [0.1, 0.15) is 32.1 Å². The highest BCUT2D eigenvalue weighted by atomic mass is 16.1. The summed E-state index contributed by atoms with van der Waals surface area (Å²) < 4.78 is 0. The molecule has 0 aromatic carbocycles. The Morgan fingerprint density at radius 2 is 2.20 bits per heavy atom. The minimum atomic E-state index is 0.271. The first-order valence-corrected chi connectivity index (χ1v) is 4.14. The molecule has 1 heterocycles. The van der Waals surface area contributed by atoms with Crippen LogP contribution >= 0.6 is 0 Å². The van der Waals surface area contributed by atoms with Gasteiger partial charge in [0.2, 0.25) is 5.91 Å². The van der Waals surface area contributed by atoms with E-state index in [1.54, 1.807) is 0 Å². The Bertz CT molecular complexity index is 155. The highest BCUT2D eigenvalue weighted by Gasteiger charge is 2.28. The summed E-state index contributed by atoms with van der Waals surface area (Å²) in [6, 6.07) is 0.528. The van der Waals surface area contributed by atoms with Crippen LogP contribution in [0.5, 0.6) is 0 Å². The normalized spacial score (nSPS) is 39.0. The lowest BCUT2D eigenvalue weighted by Gasteiger charge is -2.08. The number of hydrogen-bond acceptors (Lipinski definition) is 1. The first kappa shape index (κ1) is 6.20. The molecule has 0 radical (unpaired) electrons. The van der Waals surface area contributed by atoms with Crippen LogP contribution in [0, 0.1) is 5.92 Å². The summed E-state index contributed by atoms with van der Waals surface area (Å²) in [6.45, 7) is 0. The van der Waals surface area contributed by atoms with Crippen molar-refractivity contribution in [2.24, 2.45) is 5.92 Å². The van der Waals surface area contributed by atoms with Crippen molar-refractivity contribution >= 4 is 5.91 Å². The van der Waals surface area contributed by atoms with E-state index in [0.29, 0.717) is 6.04 Å². The number of hydrogen-bond donors (Lipinski definition) is 1. The zero-order valence-corrected chi connectivity index (χ0v) is 6.10. The molecule has 1 saturated carbocycles. The summed E-state index contributed by atoms with van der Waals surface area (Å²) in [5.41, 5.74) is 0. The largest absolute Gasteiger partial charge is 0.353 e. The topological polar surface area (TPSA) is 29.1 Å². The third-order valence-electron chi connectivity index (χ3n) is 2.69. The van der Waals surface area contributed by atoms with E-state index in [2.05, 4.69) is 5.32 Å². The van der Waals surface area contributed by atoms with E-state index in [4.69, 9.17) is 0 Å². The van der Waals surface area contributed by atoms with Crippen molar-refractivity contribution < 1.29 is 4.79 Å². The molecule has 10 heavy (non-hydrogen) atoms. The summed E-state index contributed by atoms with van der Waals surface area (Å²) in [4.78, 5) is 11.0.